The molecule has 0 radical (unpaired) electrons. The molecule has 82 valence electrons. The summed E-state index contributed by atoms with van der Waals surface area (Å²) in [5.41, 5.74) is 1.45. The average Bonchev–Trinajstić information content (AvgIpc) is 2.64. The van der Waals surface area contributed by atoms with E-state index in [0.717, 1.165) is 9.13 Å². The molecule has 0 aliphatic heterocycles. The maximum absolute atomic E-state index is 12.0. The Kier molecular flexibility index (Phi) is 3.33. The highest BCUT2D eigenvalue weighted by Gasteiger charge is 2.11. The summed E-state index contributed by atoms with van der Waals surface area (Å²) >= 11 is 2.16. The van der Waals surface area contributed by atoms with Crippen molar-refractivity contribution < 1.29 is 4.79 Å². The molecule has 0 atom stereocenters. The van der Waals surface area contributed by atoms with Gasteiger partial charge in [-0.2, -0.15) is 0 Å². The van der Waals surface area contributed by atoms with E-state index in [4.69, 9.17) is 0 Å². The van der Waals surface area contributed by atoms with Crippen LogP contribution in [0.25, 0.3) is 0 Å². The van der Waals surface area contributed by atoms with Crippen LogP contribution in [-0.4, -0.2) is 20.8 Å². The largest absolute Gasteiger partial charge is 0.294 e. The molecule has 4 nitrogen and oxygen atoms in total. The predicted molar refractivity (Wildman–Crippen MR) is 68.2 cm³/mol. The van der Waals surface area contributed by atoms with E-state index in [9.17, 15) is 4.79 Å². The van der Waals surface area contributed by atoms with Crippen LogP contribution in [0, 0.1) is 3.57 Å². The van der Waals surface area contributed by atoms with Crippen LogP contribution < -0.4 is 0 Å². The minimum atomic E-state index is 0.0745. The number of hydrogen-bond donors (Lipinski definition) is 0. The monoisotopic (exact) mass is 327 g/mol. The molecule has 1 heterocycles. The summed E-state index contributed by atoms with van der Waals surface area (Å²) in [6.07, 6.45) is 2.06. The van der Waals surface area contributed by atoms with Crippen LogP contribution in [0.4, 0.5) is 0 Å². The zero-order valence-corrected chi connectivity index (χ0v) is 10.9. The summed E-state index contributed by atoms with van der Waals surface area (Å²) < 4.78 is 2.56. The lowest BCUT2D eigenvalue weighted by molar-refractivity contribution is 0.0991. The minimum absolute atomic E-state index is 0.0745. The molecule has 0 bridgehead atoms. The molecule has 2 aromatic rings. The lowest BCUT2D eigenvalue weighted by Crippen LogP contribution is -2.05. The number of halogens is 1. The van der Waals surface area contributed by atoms with Crippen molar-refractivity contribution >= 4 is 28.4 Å². The van der Waals surface area contributed by atoms with Gasteiger partial charge in [0.25, 0.3) is 0 Å². The number of carbonyl (C=O) groups is 1. The molecule has 0 aliphatic carbocycles. The summed E-state index contributed by atoms with van der Waals surface area (Å²) in [7, 11) is 1.78. The van der Waals surface area contributed by atoms with E-state index in [1.807, 2.05) is 24.3 Å². The molecule has 0 amide bonds. The van der Waals surface area contributed by atoms with Crippen LogP contribution >= 0.6 is 22.6 Å². The van der Waals surface area contributed by atoms with E-state index in [-0.39, 0.29) is 5.78 Å². The second-order valence-corrected chi connectivity index (χ2v) is 4.63. The highest BCUT2D eigenvalue weighted by Crippen LogP contribution is 2.13. The van der Waals surface area contributed by atoms with Gasteiger partial charge in [-0.3, -0.25) is 9.48 Å². The van der Waals surface area contributed by atoms with Gasteiger partial charge in [-0.15, -0.1) is 5.10 Å². The van der Waals surface area contributed by atoms with Crippen LogP contribution in [0.5, 0.6) is 0 Å². The highest BCUT2D eigenvalue weighted by molar-refractivity contribution is 14.1. The quantitative estimate of drug-likeness (QED) is 0.638. The fourth-order valence-electron chi connectivity index (χ4n) is 1.42. The second-order valence-electron chi connectivity index (χ2n) is 3.46. The lowest BCUT2D eigenvalue weighted by Gasteiger charge is -2.00. The van der Waals surface area contributed by atoms with Crippen LogP contribution in [-0.2, 0) is 13.5 Å². The standard InChI is InChI=1S/C11H10IN3O/c1-15-7-8(13-14-15)6-11(16)9-4-2-3-5-10(9)12/h2-5,7H,6H2,1H3. The number of ketones is 1. The van der Waals surface area contributed by atoms with Gasteiger partial charge in [-0.1, -0.05) is 23.4 Å². The van der Waals surface area contributed by atoms with Crippen LogP contribution in [0.1, 0.15) is 16.1 Å². The minimum Gasteiger partial charge on any atom is -0.294 e. The van der Waals surface area contributed by atoms with Crippen LogP contribution in [0.3, 0.4) is 0 Å². The van der Waals surface area contributed by atoms with Crippen molar-refractivity contribution in [1.29, 1.82) is 0 Å². The molecular formula is C11H10IN3O. The topological polar surface area (TPSA) is 47.8 Å². The molecule has 16 heavy (non-hydrogen) atoms. The molecule has 0 spiro atoms. The summed E-state index contributed by atoms with van der Waals surface area (Å²) in [5, 5.41) is 7.70. The Morgan fingerprint density at radius 2 is 2.19 bits per heavy atom. The Bertz CT molecular complexity index is 521. The van der Waals surface area contributed by atoms with E-state index in [2.05, 4.69) is 32.9 Å². The molecule has 0 saturated carbocycles. The fraction of sp³-hybridized carbons (Fsp3) is 0.182. The maximum atomic E-state index is 12.0. The maximum Gasteiger partial charge on any atom is 0.170 e. The Morgan fingerprint density at radius 3 is 2.81 bits per heavy atom. The normalized spacial score (nSPS) is 10.4. The number of benzene rings is 1. The number of nitrogens with zero attached hydrogens (tertiary/aromatic N) is 3. The third-order valence-electron chi connectivity index (χ3n) is 2.17. The summed E-state index contributed by atoms with van der Waals surface area (Å²) in [5.74, 6) is 0.0745. The molecule has 2 rings (SSSR count). The number of Topliss-reactive ketones (excluding diaryl/α,β-unsaturated/α-hetero) is 1. The zero-order chi connectivity index (χ0) is 11.5. The van der Waals surface area contributed by atoms with Gasteiger partial charge in [0.15, 0.2) is 5.78 Å². The van der Waals surface area contributed by atoms with Gasteiger partial charge in [0.05, 0.1) is 12.1 Å². The smallest absolute Gasteiger partial charge is 0.170 e. The zero-order valence-electron chi connectivity index (χ0n) is 8.72. The van der Waals surface area contributed by atoms with E-state index in [1.165, 1.54) is 0 Å². The second kappa shape index (κ2) is 4.73. The Labute approximate surface area is 107 Å². The molecule has 5 heteroatoms. The van der Waals surface area contributed by atoms with E-state index in [0.29, 0.717) is 12.1 Å². The molecular weight excluding hydrogens is 317 g/mol. The van der Waals surface area contributed by atoms with Gasteiger partial charge in [0.1, 0.15) is 0 Å². The Balaban J connectivity index is 2.18. The molecule has 1 aromatic carbocycles. The first-order valence-corrected chi connectivity index (χ1v) is 5.87. The third kappa shape index (κ3) is 2.46. The van der Waals surface area contributed by atoms with Crippen molar-refractivity contribution in [3.63, 3.8) is 0 Å². The molecule has 0 unspecified atom stereocenters. The van der Waals surface area contributed by atoms with Gasteiger partial charge >= 0.3 is 0 Å². The van der Waals surface area contributed by atoms with Gasteiger partial charge in [0, 0.05) is 22.4 Å². The molecule has 0 saturated heterocycles. The molecule has 1 aromatic heterocycles. The van der Waals surface area contributed by atoms with Gasteiger partial charge < -0.3 is 0 Å². The Morgan fingerprint density at radius 1 is 1.44 bits per heavy atom. The average molecular weight is 327 g/mol. The first-order chi connectivity index (χ1) is 7.66. The molecule has 0 aliphatic rings. The van der Waals surface area contributed by atoms with Crippen molar-refractivity contribution in [3.8, 4) is 0 Å². The van der Waals surface area contributed by atoms with Gasteiger partial charge in [-0.05, 0) is 28.7 Å². The van der Waals surface area contributed by atoms with Crippen LogP contribution in [0.15, 0.2) is 30.5 Å². The van der Waals surface area contributed by atoms with Crippen molar-refractivity contribution in [2.75, 3.05) is 0 Å². The van der Waals surface area contributed by atoms with E-state index in [1.54, 1.807) is 17.9 Å². The van der Waals surface area contributed by atoms with E-state index >= 15 is 0 Å². The van der Waals surface area contributed by atoms with Crippen LogP contribution in [0.2, 0.25) is 0 Å². The third-order valence-corrected chi connectivity index (χ3v) is 3.11. The fourth-order valence-corrected chi connectivity index (χ4v) is 2.11. The predicted octanol–water partition coefficient (Wildman–Crippen LogP) is 1.85. The first-order valence-electron chi connectivity index (χ1n) is 4.80. The Hall–Kier alpha value is -1.24. The van der Waals surface area contributed by atoms with Crippen molar-refractivity contribution in [2.45, 2.75) is 6.42 Å². The summed E-state index contributed by atoms with van der Waals surface area (Å²) in [4.78, 5) is 12.0. The molecule has 0 N–H and O–H groups in total. The SMILES string of the molecule is Cn1cc(CC(=O)c2ccccc2I)nn1. The van der Waals surface area contributed by atoms with Crippen molar-refractivity contribution in [3.05, 3.63) is 45.3 Å². The van der Waals surface area contributed by atoms with Gasteiger partial charge in [0.2, 0.25) is 0 Å². The number of hydrogen-bond acceptors (Lipinski definition) is 3. The number of aryl methyl sites for hydroxylation is 1. The number of carbonyl (C=O) groups excluding carboxylic acids is 1. The van der Waals surface area contributed by atoms with Crippen molar-refractivity contribution in [2.24, 2.45) is 7.05 Å². The van der Waals surface area contributed by atoms with E-state index < -0.39 is 0 Å². The lowest BCUT2D eigenvalue weighted by atomic mass is 10.1. The summed E-state index contributed by atoms with van der Waals surface area (Å²) in [6, 6.07) is 7.54. The van der Waals surface area contributed by atoms with Crippen molar-refractivity contribution in [1.82, 2.24) is 15.0 Å². The molecule has 0 fully saturated rings. The first kappa shape index (κ1) is 11.3. The van der Waals surface area contributed by atoms with Gasteiger partial charge in [-0.25, -0.2) is 0 Å². The highest BCUT2D eigenvalue weighted by atomic mass is 127. The summed E-state index contributed by atoms with van der Waals surface area (Å²) in [6.45, 7) is 0. The number of aromatic nitrogens is 3. The number of rotatable bonds is 3.